The molecular formula is C59H34N4O2. The Morgan fingerprint density at radius 3 is 1.69 bits per heavy atom. The normalized spacial score (nSPS) is 12.0. The van der Waals surface area contributed by atoms with Crippen LogP contribution in [-0.4, -0.2) is 19.5 Å². The van der Waals surface area contributed by atoms with Crippen molar-refractivity contribution in [2.45, 2.75) is 0 Å². The van der Waals surface area contributed by atoms with Crippen molar-refractivity contribution < 1.29 is 8.83 Å². The molecule has 14 aromatic rings. The molecule has 0 fully saturated rings. The van der Waals surface area contributed by atoms with Gasteiger partial charge < -0.3 is 13.4 Å². The molecule has 0 amide bonds. The average molecular weight is 831 g/mol. The first-order valence-electron chi connectivity index (χ1n) is 21.8. The monoisotopic (exact) mass is 830 g/mol. The maximum Gasteiger partial charge on any atom is 0.166 e. The molecule has 0 saturated heterocycles. The number of nitrogens with zero attached hydrogens (tertiary/aromatic N) is 4. The van der Waals surface area contributed by atoms with Gasteiger partial charge in [0.05, 0.1) is 11.0 Å². The molecule has 0 aliphatic heterocycles. The minimum atomic E-state index is 0.530. The molecule has 6 nitrogen and oxygen atoms in total. The summed E-state index contributed by atoms with van der Waals surface area (Å²) in [7, 11) is 0. The van der Waals surface area contributed by atoms with Gasteiger partial charge >= 0.3 is 0 Å². The quantitative estimate of drug-likeness (QED) is 0.173. The third kappa shape index (κ3) is 5.51. The van der Waals surface area contributed by atoms with E-state index in [2.05, 4.69) is 162 Å². The van der Waals surface area contributed by atoms with E-state index < -0.39 is 0 Å². The summed E-state index contributed by atoms with van der Waals surface area (Å²) in [6.45, 7) is 0. The number of para-hydroxylation sites is 2. The van der Waals surface area contributed by atoms with Gasteiger partial charge in [-0.2, -0.15) is 0 Å². The van der Waals surface area contributed by atoms with Crippen molar-refractivity contribution in [3.05, 3.63) is 206 Å². The van der Waals surface area contributed by atoms with Gasteiger partial charge in [0.2, 0.25) is 0 Å². The molecule has 302 valence electrons. The zero-order valence-electron chi connectivity index (χ0n) is 34.7. The second kappa shape index (κ2) is 13.8. The second-order valence-corrected chi connectivity index (χ2v) is 16.7. The van der Waals surface area contributed by atoms with Crippen LogP contribution in [0.5, 0.6) is 0 Å². The summed E-state index contributed by atoms with van der Waals surface area (Å²) in [4.78, 5) is 16.1. The first-order valence-corrected chi connectivity index (χ1v) is 21.8. The zero-order chi connectivity index (χ0) is 42.6. The topological polar surface area (TPSA) is 69.9 Å². The van der Waals surface area contributed by atoms with Crippen molar-refractivity contribution in [3.8, 4) is 51.0 Å². The number of furan rings is 2. The highest BCUT2D eigenvalue weighted by Crippen LogP contribution is 2.45. The lowest BCUT2D eigenvalue weighted by atomic mass is 10.0. The van der Waals surface area contributed by atoms with Gasteiger partial charge in [0.25, 0.3) is 0 Å². The van der Waals surface area contributed by atoms with Crippen LogP contribution in [-0.2, 0) is 0 Å². The Morgan fingerprint density at radius 2 is 0.892 bits per heavy atom. The SMILES string of the molecule is c1ccc(-c2ccc(-c3nc(-c4ccc5oc6ccccc6c5c4)nc(-c4ccc5c(oc6ccccc65)c4-n4c5cc6ccccc6cc5c5ccc6ccccc6c54)n3)cc2)cc1. The Morgan fingerprint density at radius 1 is 0.323 bits per heavy atom. The Labute approximate surface area is 371 Å². The van der Waals surface area contributed by atoms with E-state index in [1.54, 1.807) is 0 Å². The standard InChI is InChI=1S/C59H34N4O2/c1-2-12-35(13-3-1)36-22-24-38(25-23-36)57-60-58(41-27-31-53-49(33-41)44-19-9-10-20-51(44)64-53)62-59(61-57)47-30-29-46-43-18-8-11-21-52(43)65-56(46)55(47)63-50-34-40-16-5-4-15-39(40)32-48(50)45-28-26-37-14-6-7-17-42(37)54(45)63/h1-34H. The van der Waals surface area contributed by atoms with Crippen molar-refractivity contribution >= 4 is 87.2 Å². The fourth-order valence-electron chi connectivity index (χ4n) is 9.93. The highest BCUT2D eigenvalue weighted by molar-refractivity contribution is 6.22. The van der Waals surface area contributed by atoms with Gasteiger partial charge in [-0.1, -0.05) is 152 Å². The molecule has 4 aromatic heterocycles. The van der Waals surface area contributed by atoms with Crippen LogP contribution in [0.4, 0.5) is 0 Å². The summed E-state index contributed by atoms with van der Waals surface area (Å²) >= 11 is 0. The third-order valence-electron chi connectivity index (χ3n) is 13.0. The molecule has 14 rings (SSSR count). The minimum Gasteiger partial charge on any atom is -0.456 e. The molecule has 10 aromatic carbocycles. The highest BCUT2D eigenvalue weighted by Gasteiger charge is 2.26. The van der Waals surface area contributed by atoms with Gasteiger partial charge in [-0.15, -0.1) is 0 Å². The lowest BCUT2D eigenvalue weighted by Crippen LogP contribution is -2.04. The summed E-state index contributed by atoms with van der Waals surface area (Å²) in [6.07, 6.45) is 0. The summed E-state index contributed by atoms with van der Waals surface area (Å²) in [6, 6.07) is 72.1. The Bertz CT molecular complexity index is 4240. The molecule has 0 aliphatic rings. The molecule has 0 spiro atoms. The number of aromatic nitrogens is 4. The van der Waals surface area contributed by atoms with Crippen molar-refractivity contribution in [1.82, 2.24) is 19.5 Å². The van der Waals surface area contributed by atoms with Crippen LogP contribution in [0.15, 0.2) is 215 Å². The van der Waals surface area contributed by atoms with Gasteiger partial charge in [-0.05, 0) is 81.9 Å². The first-order chi connectivity index (χ1) is 32.2. The van der Waals surface area contributed by atoms with Gasteiger partial charge in [0, 0.05) is 54.4 Å². The summed E-state index contributed by atoms with van der Waals surface area (Å²) in [5, 5.41) is 11.0. The maximum absolute atomic E-state index is 7.03. The van der Waals surface area contributed by atoms with Gasteiger partial charge in [-0.25, -0.2) is 15.0 Å². The van der Waals surface area contributed by atoms with Crippen molar-refractivity contribution in [1.29, 1.82) is 0 Å². The van der Waals surface area contributed by atoms with Gasteiger partial charge in [0.1, 0.15) is 22.4 Å². The summed E-state index contributed by atoms with van der Waals surface area (Å²) < 4.78 is 15.7. The third-order valence-corrected chi connectivity index (χ3v) is 13.0. The molecule has 0 atom stereocenters. The van der Waals surface area contributed by atoms with E-state index in [0.29, 0.717) is 17.5 Å². The van der Waals surface area contributed by atoms with E-state index in [1.807, 2.05) is 48.5 Å². The van der Waals surface area contributed by atoms with Crippen molar-refractivity contribution in [3.63, 3.8) is 0 Å². The second-order valence-electron chi connectivity index (χ2n) is 16.7. The lowest BCUT2D eigenvalue weighted by molar-refractivity contribution is 0.666. The fourth-order valence-corrected chi connectivity index (χ4v) is 9.93. The first kappa shape index (κ1) is 35.7. The number of rotatable bonds is 5. The number of benzene rings is 10. The average Bonchev–Trinajstić information content (AvgIpc) is 4.05. The van der Waals surface area contributed by atoms with E-state index in [1.165, 1.54) is 5.39 Å². The van der Waals surface area contributed by atoms with Crippen molar-refractivity contribution in [2.75, 3.05) is 0 Å². The van der Waals surface area contributed by atoms with Crippen LogP contribution in [0.2, 0.25) is 0 Å². The van der Waals surface area contributed by atoms with Crippen molar-refractivity contribution in [2.24, 2.45) is 0 Å². The zero-order valence-corrected chi connectivity index (χ0v) is 34.7. The van der Waals surface area contributed by atoms with Crippen LogP contribution in [0.25, 0.3) is 138 Å². The number of fused-ring (bicyclic) bond motifs is 12. The molecule has 6 heteroatoms. The Hall–Kier alpha value is -8.87. The van der Waals surface area contributed by atoms with E-state index in [-0.39, 0.29) is 0 Å². The predicted octanol–water partition coefficient (Wildman–Crippen LogP) is 15.7. The molecule has 0 aliphatic carbocycles. The molecular weight excluding hydrogens is 797 g/mol. The molecule has 65 heavy (non-hydrogen) atoms. The number of hydrogen-bond acceptors (Lipinski definition) is 5. The molecule has 0 saturated carbocycles. The van der Waals surface area contributed by atoms with E-state index in [4.69, 9.17) is 23.8 Å². The van der Waals surface area contributed by atoms with E-state index in [0.717, 1.165) is 115 Å². The number of hydrogen-bond donors (Lipinski definition) is 0. The largest absolute Gasteiger partial charge is 0.456 e. The summed E-state index contributed by atoms with van der Waals surface area (Å²) in [5.74, 6) is 1.65. The fraction of sp³-hybridized carbons (Fsp3) is 0. The van der Waals surface area contributed by atoms with Crippen LogP contribution in [0.1, 0.15) is 0 Å². The van der Waals surface area contributed by atoms with Crippen LogP contribution in [0.3, 0.4) is 0 Å². The summed E-state index contributed by atoms with van der Waals surface area (Å²) in [5.41, 5.74) is 11.0. The van der Waals surface area contributed by atoms with Gasteiger partial charge in [-0.3, -0.25) is 0 Å². The lowest BCUT2D eigenvalue weighted by Gasteiger charge is -2.16. The minimum absolute atomic E-state index is 0.530. The smallest absolute Gasteiger partial charge is 0.166 e. The van der Waals surface area contributed by atoms with Crippen LogP contribution >= 0.6 is 0 Å². The maximum atomic E-state index is 7.03. The highest BCUT2D eigenvalue weighted by atomic mass is 16.3. The van der Waals surface area contributed by atoms with E-state index in [9.17, 15) is 0 Å². The molecule has 0 N–H and O–H groups in total. The molecule has 4 heterocycles. The van der Waals surface area contributed by atoms with Crippen LogP contribution < -0.4 is 0 Å². The van der Waals surface area contributed by atoms with Gasteiger partial charge in [0.15, 0.2) is 23.1 Å². The molecule has 0 unspecified atom stereocenters. The Kier molecular flexibility index (Phi) is 7.59. The Balaban J connectivity index is 1.10. The molecule has 0 radical (unpaired) electrons. The predicted molar refractivity (Wildman–Crippen MR) is 265 cm³/mol. The molecule has 0 bridgehead atoms. The van der Waals surface area contributed by atoms with E-state index >= 15 is 0 Å². The van der Waals surface area contributed by atoms with Crippen LogP contribution in [0, 0.1) is 0 Å².